The topological polar surface area (TPSA) is 55.4 Å². The van der Waals surface area contributed by atoms with Crippen LogP contribution in [0.15, 0.2) is 66.7 Å². The van der Waals surface area contributed by atoms with E-state index in [-0.39, 0.29) is 12.0 Å². The van der Waals surface area contributed by atoms with Crippen LogP contribution < -0.4 is 5.32 Å². The molecule has 0 unspecified atom stereocenters. The van der Waals surface area contributed by atoms with Crippen LogP contribution in [0.4, 0.5) is 4.39 Å². The van der Waals surface area contributed by atoms with E-state index in [1.54, 1.807) is 6.07 Å². The van der Waals surface area contributed by atoms with Gasteiger partial charge in [0.05, 0.1) is 12.7 Å². The quantitative estimate of drug-likeness (QED) is 0.716. The summed E-state index contributed by atoms with van der Waals surface area (Å²) in [7, 11) is 1.26. The molecule has 0 saturated carbocycles. The number of rotatable bonds is 5. The van der Waals surface area contributed by atoms with E-state index in [1.807, 2.05) is 42.5 Å². The zero-order valence-corrected chi connectivity index (χ0v) is 14.2. The highest BCUT2D eigenvalue weighted by Crippen LogP contribution is 2.20. The third-order valence-electron chi connectivity index (χ3n) is 4.21. The molecule has 3 rings (SSSR count). The summed E-state index contributed by atoms with van der Waals surface area (Å²) in [5, 5.41) is 4.61. The number of carbonyl (C=O) groups excluding carboxylic acids is 2. The lowest BCUT2D eigenvalue weighted by Crippen LogP contribution is -2.43. The van der Waals surface area contributed by atoms with E-state index in [0.29, 0.717) is 0 Å². The Hall–Kier alpha value is -3.21. The Kier molecular flexibility index (Phi) is 5.27. The Morgan fingerprint density at radius 2 is 1.69 bits per heavy atom. The lowest BCUT2D eigenvalue weighted by Gasteiger charge is -2.18. The molecule has 1 amide bonds. The second-order valence-electron chi connectivity index (χ2n) is 5.87. The Bertz CT molecular complexity index is 949. The first-order chi connectivity index (χ1) is 12.6. The van der Waals surface area contributed by atoms with Crippen molar-refractivity contribution in [2.75, 3.05) is 7.11 Å². The van der Waals surface area contributed by atoms with Crippen molar-refractivity contribution in [2.45, 2.75) is 12.5 Å². The molecule has 0 saturated heterocycles. The highest BCUT2D eigenvalue weighted by molar-refractivity contribution is 5.97. The predicted octanol–water partition coefficient (Wildman–Crippen LogP) is 3.49. The molecule has 132 valence electrons. The molecular formula is C21H18FNO3. The molecule has 0 aromatic heterocycles. The fourth-order valence-electron chi connectivity index (χ4n) is 2.91. The molecule has 0 radical (unpaired) electrons. The van der Waals surface area contributed by atoms with Gasteiger partial charge in [-0.15, -0.1) is 0 Å². The Labute approximate surface area is 150 Å². The van der Waals surface area contributed by atoms with Crippen LogP contribution in [-0.2, 0) is 16.0 Å². The van der Waals surface area contributed by atoms with E-state index in [9.17, 15) is 14.0 Å². The van der Waals surface area contributed by atoms with Gasteiger partial charge in [0.2, 0.25) is 0 Å². The Balaban J connectivity index is 1.88. The highest BCUT2D eigenvalue weighted by Gasteiger charge is 2.24. The number of amides is 1. The lowest BCUT2D eigenvalue weighted by atomic mass is 9.98. The molecule has 1 N–H and O–H groups in total. The molecule has 4 nitrogen and oxygen atoms in total. The zero-order chi connectivity index (χ0) is 18.5. The van der Waals surface area contributed by atoms with Crippen molar-refractivity contribution >= 4 is 22.6 Å². The summed E-state index contributed by atoms with van der Waals surface area (Å²) in [6, 6.07) is 18.3. The summed E-state index contributed by atoms with van der Waals surface area (Å²) < 4.78 is 18.6. The number of methoxy groups -OCH3 is 1. The van der Waals surface area contributed by atoms with Crippen molar-refractivity contribution in [3.05, 3.63) is 83.7 Å². The Morgan fingerprint density at radius 1 is 1.00 bits per heavy atom. The van der Waals surface area contributed by atoms with E-state index < -0.39 is 23.7 Å². The van der Waals surface area contributed by atoms with Crippen LogP contribution in [0.1, 0.15) is 15.9 Å². The first kappa shape index (κ1) is 17.6. The van der Waals surface area contributed by atoms with E-state index in [4.69, 9.17) is 4.74 Å². The van der Waals surface area contributed by atoms with E-state index in [0.717, 1.165) is 16.3 Å². The van der Waals surface area contributed by atoms with Gasteiger partial charge in [-0.1, -0.05) is 54.6 Å². The summed E-state index contributed by atoms with van der Waals surface area (Å²) >= 11 is 0. The van der Waals surface area contributed by atoms with Gasteiger partial charge in [0, 0.05) is 6.42 Å². The average Bonchev–Trinajstić information content (AvgIpc) is 2.67. The van der Waals surface area contributed by atoms with E-state index >= 15 is 0 Å². The van der Waals surface area contributed by atoms with Gasteiger partial charge in [0.25, 0.3) is 5.91 Å². The summed E-state index contributed by atoms with van der Waals surface area (Å²) in [6.45, 7) is 0. The summed E-state index contributed by atoms with van der Waals surface area (Å²) in [5.41, 5.74) is 0.784. The van der Waals surface area contributed by atoms with Crippen LogP contribution in [0.2, 0.25) is 0 Å². The van der Waals surface area contributed by atoms with Gasteiger partial charge in [-0.05, 0) is 28.5 Å². The number of hydrogen-bond acceptors (Lipinski definition) is 3. The van der Waals surface area contributed by atoms with Crippen LogP contribution in [0.3, 0.4) is 0 Å². The van der Waals surface area contributed by atoms with Gasteiger partial charge in [-0.3, -0.25) is 4.79 Å². The van der Waals surface area contributed by atoms with Crippen LogP contribution in [0.25, 0.3) is 10.8 Å². The maximum Gasteiger partial charge on any atom is 0.328 e. The number of fused-ring (bicyclic) bond motifs is 1. The first-order valence-electron chi connectivity index (χ1n) is 8.20. The fraction of sp³-hybridized carbons (Fsp3) is 0.143. The van der Waals surface area contributed by atoms with Crippen LogP contribution in [0.5, 0.6) is 0 Å². The molecule has 5 heteroatoms. The number of halogens is 1. The third kappa shape index (κ3) is 3.72. The van der Waals surface area contributed by atoms with Crippen molar-refractivity contribution in [3.8, 4) is 0 Å². The van der Waals surface area contributed by atoms with Crippen molar-refractivity contribution in [1.82, 2.24) is 5.32 Å². The number of ether oxygens (including phenoxy) is 1. The molecule has 3 aromatic carbocycles. The minimum atomic E-state index is -0.919. The molecule has 26 heavy (non-hydrogen) atoms. The maximum absolute atomic E-state index is 13.8. The molecule has 0 spiro atoms. The van der Waals surface area contributed by atoms with Crippen LogP contribution in [0, 0.1) is 5.82 Å². The fourth-order valence-corrected chi connectivity index (χ4v) is 2.91. The molecular weight excluding hydrogens is 333 g/mol. The molecule has 0 bridgehead atoms. The van der Waals surface area contributed by atoms with Crippen molar-refractivity contribution < 1.29 is 18.7 Å². The predicted molar refractivity (Wildman–Crippen MR) is 97.3 cm³/mol. The minimum absolute atomic E-state index is 0.112. The highest BCUT2D eigenvalue weighted by atomic mass is 19.1. The first-order valence-corrected chi connectivity index (χ1v) is 8.20. The van der Waals surface area contributed by atoms with Gasteiger partial charge in [-0.25, -0.2) is 9.18 Å². The van der Waals surface area contributed by atoms with Gasteiger partial charge in [0.1, 0.15) is 11.9 Å². The monoisotopic (exact) mass is 351 g/mol. The summed E-state index contributed by atoms with van der Waals surface area (Å²) in [4.78, 5) is 24.6. The number of carbonyl (C=O) groups is 2. The van der Waals surface area contributed by atoms with Gasteiger partial charge < -0.3 is 10.1 Å². The molecule has 0 aliphatic heterocycles. The normalized spacial score (nSPS) is 11.8. The lowest BCUT2D eigenvalue weighted by molar-refractivity contribution is -0.142. The summed E-state index contributed by atoms with van der Waals surface area (Å²) in [5.74, 6) is -1.87. The molecule has 0 aliphatic rings. The second-order valence-corrected chi connectivity index (χ2v) is 5.87. The van der Waals surface area contributed by atoms with Gasteiger partial charge in [0.15, 0.2) is 0 Å². The molecule has 3 aromatic rings. The smallest absolute Gasteiger partial charge is 0.328 e. The number of esters is 1. The zero-order valence-electron chi connectivity index (χ0n) is 14.2. The van der Waals surface area contributed by atoms with Crippen LogP contribution in [-0.4, -0.2) is 25.0 Å². The number of nitrogens with one attached hydrogen (secondary N) is 1. The number of benzene rings is 3. The largest absolute Gasteiger partial charge is 0.467 e. The van der Waals surface area contributed by atoms with Gasteiger partial charge >= 0.3 is 5.97 Å². The summed E-state index contributed by atoms with van der Waals surface area (Å²) in [6.07, 6.45) is 0.244. The van der Waals surface area contributed by atoms with Crippen molar-refractivity contribution in [1.29, 1.82) is 0 Å². The van der Waals surface area contributed by atoms with Crippen LogP contribution >= 0.6 is 0 Å². The molecule has 0 fully saturated rings. The average molecular weight is 351 g/mol. The standard InChI is InChI=1S/C21H18FNO3/c1-26-21(25)19(23-20(24)17-11-4-5-12-18(17)22)13-15-9-6-8-14-7-2-3-10-16(14)15/h2-12,19H,13H2,1H3,(H,23,24)/t19-/m0/s1. The van der Waals surface area contributed by atoms with Crippen molar-refractivity contribution in [2.24, 2.45) is 0 Å². The maximum atomic E-state index is 13.8. The van der Waals surface area contributed by atoms with Gasteiger partial charge in [-0.2, -0.15) is 0 Å². The van der Waals surface area contributed by atoms with E-state index in [2.05, 4.69) is 5.32 Å². The second kappa shape index (κ2) is 7.78. The Morgan fingerprint density at radius 3 is 2.46 bits per heavy atom. The minimum Gasteiger partial charge on any atom is -0.467 e. The SMILES string of the molecule is COC(=O)[C@H](Cc1cccc2ccccc12)NC(=O)c1ccccc1F. The third-order valence-corrected chi connectivity index (χ3v) is 4.21. The number of hydrogen-bond donors (Lipinski definition) is 1. The van der Waals surface area contributed by atoms with E-state index in [1.165, 1.54) is 25.3 Å². The molecule has 0 heterocycles. The molecule has 0 aliphatic carbocycles. The van der Waals surface area contributed by atoms with Crippen molar-refractivity contribution in [3.63, 3.8) is 0 Å². The molecule has 1 atom stereocenters.